The van der Waals surface area contributed by atoms with E-state index in [2.05, 4.69) is 5.32 Å². The molecule has 0 aliphatic rings. The average molecular weight is 433 g/mol. The number of hydrogen-bond donors (Lipinski definition) is 1. The molecule has 4 nitrogen and oxygen atoms in total. The van der Waals surface area contributed by atoms with E-state index in [1.165, 1.54) is 12.1 Å². The minimum absolute atomic E-state index is 0.108. The lowest BCUT2D eigenvalue weighted by molar-refractivity contribution is -0.140. The Kier molecular flexibility index (Phi) is 8.55. The van der Waals surface area contributed by atoms with Gasteiger partial charge >= 0.3 is 0 Å². The van der Waals surface area contributed by atoms with Gasteiger partial charge in [0.1, 0.15) is 11.9 Å². The summed E-state index contributed by atoms with van der Waals surface area (Å²) < 4.78 is 13.3. The average Bonchev–Trinajstić information content (AvgIpc) is 2.83. The molecule has 166 valence electrons. The molecule has 3 aromatic carbocycles. The number of nitrogens with one attached hydrogen (secondary N) is 1. The van der Waals surface area contributed by atoms with Crippen LogP contribution in [-0.2, 0) is 29.0 Å². The van der Waals surface area contributed by atoms with Crippen molar-refractivity contribution in [2.24, 2.45) is 0 Å². The molecule has 0 radical (unpaired) electrons. The molecule has 0 bridgehead atoms. The van der Waals surface area contributed by atoms with Crippen molar-refractivity contribution in [3.8, 4) is 0 Å². The standard InChI is InChI=1S/C27H29FN2O2/c1-21(27(32)29-19-18-23-10-6-3-7-11-23)30(20-24-12-15-25(28)16-13-24)26(31)17-14-22-8-4-2-5-9-22/h2-13,15-16,21H,14,17-20H2,1H3,(H,29,32). The molecule has 2 amide bonds. The number of aryl methyl sites for hydroxylation is 1. The molecule has 3 aromatic rings. The highest BCUT2D eigenvalue weighted by molar-refractivity contribution is 5.87. The predicted octanol–water partition coefficient (Wildman–Crippen LogP) is 4.53. The number of carbonyl (C=O) groups excluding carboxylic acids is 2. The SMILES string of the molecule is CC(C(=O)NCCc1ccccc1)N(Cc1ccc(F)cc1)C(=O)CCc1ccccc1. The number of nitrogens with zero attached hydrogens (tertiary/aromatic N) is 1. The summed E-state index contributed by atoms with van der Waals surface area (Å²) in [6.45, 7) is 2.48. The third kappa shape index (κ3) is 7.05. The van der Waals surface area contributed by atoms with Crippen LogP contribution in [0.15, 0.2) is 84.9 Å². The Bertz CT molecular complexity index is 991. The fraction of sp³-hybridized carbons (Fsp3) is 0.259. The van der Waals surface area contributed by atoms with Crippen molar-refractivity contribution < 1.29 is 14.0 Å². The van der Waals surface area contributed by atoms with Crippen molar-refractivity contribution in [3.05, 3.63) is 107 Å². The van der Waals surface area contributed by atoms with E-state index < -0.39 is 6.04 Å². The van der Waals surface area contributed by atoms with Gasteiger partial charge in [-0.3, -0.25) is 9.59 Å². The molecule has 1 atom stereocenters. The molecule has 32 heavy (non-hydrogen) atoms. The van der Waals surface area contributed by atoms with Crippen LogP contribution < -0.4 is 5.32 Å². The molecule has 0 heterocycles. The lowest BCUT2D eigenvalue weighted by Crippen LogP contribution is -2.48. The van der Waals surface area contributed by atoms with Gasteiger partial charge < -0.3 is 10.2 Å². The molecule has 0 saturated heterocycles. The van der Waals surface area contributed by atoms with E-state index in [0.29, 0.717) is 19.4 Å². The molecule has 0 aliphatic heterocycles. The van der Waals surface area contributed by atoms with Gasteiger partial charge in [-0.05, 0) is 48.6 Å². The lowest BCUT2D eigenvalue weighted by atomic mass is 10.1. The fourth-order valence-electron chi connectivity index (χ4n) is 3.53. The first-order valence-electron chi connectivity index (χ1n) is 10.9. The summed E-state index contributed by atoms with van der Waals surface area (Å²) >= 11 is 0. The van der Waals surface area contributed by atoms with Crippen LogP contribution in [0, 0.1) is 5.82 Å². The molecule has 0 spiro atoms. The van der Waals surface area contributed by atoms with Gasteiger partial charge in [0.25, 0.3) is 0 Å². The number of rotatable bonds is 10. The van der Waals surface area contributed by atoms with Crippen LogP contribution in [0.4, 0.5) is 4.39 Å². The van der Waals surface area contributed by atoms with Gasteiger partial charge in [0.2, 0.25) is 11.8 Å². The van der Waals surface area contributed by atoms with Crippen LogP contribution in [0.2, 0.25) is 0 Å². The van der Waals surface area contributed by atoms with Crippen molar-refractivity contribution >= 4 is 11.8 Å². The number of carbonyl (C=O) groups is 2. The predicted molar refractivity (Wildman–Crippen MR) is 124 cm³/mol. The maximum Gasteiger partial charge on any atom is 0.242 e. The Hall–Kier alpha value is -3.47. The third-order valence-electron chi connectivity index (χ3n) is 5.46. The first kappa shape index (κ1) is 23.2. The second kappa shape index (κ2) is 11.8. The van der Waals surface area contributed by atoms with E-state index in [1.807, 2.05) is 60.7 Å². The first-order valence-corrected chi connectivity index (χ1v) is 10.9. The summed E-state index contributed by atoms with van der Waals surface area (Å²) in [5, 5.41) is 2.94. The van der Waals surface area contributed by atoms with Gasteiger partial charge in [0, 0.05) is 19.5 Å². The van der Waals surface area contributed by atoms with Gasteiger partial charge in [-0.2, -0.15) is 0 Å². The summed E-state index contributed by atoms with van der Waals surface area (Å²) in [6, 6.07) is 25.1. The maximum atomic E-state index is 13.3. The van der Waals surface area contributed by atoms with Crippen LogP contribution in [-0.4, -0.2) is 29.3 Å². The molecule has 0 aliphatic carbocycles. The lowest BCUT2D eigenvalue weighted by Gasteiger charge is -2.29. The van der Waals surface area contributed by atoms with E-state index in [4.69, 9.17) is 0 Å². The van der Waals surface area contributed by atoms with E-state index in [1.54, 1.807) is 24.0 Å². The fourth-order valence-corrected chi connectivity index (χ4v) is 3.53. The minimum atomic E-state index is -0.640. The molecular weight excluding hydrogens is 403 g/mol. The molecule has 0 saturated carbocycles. The zero-order chi connectivity index (χ0) is 22.8. The molecule has 3 rings (SSSR count). The summed E-state index contributed by atoms with van der Waals surface area (Å²) in [7, 11) is 0. The smallest absolute Gasteiger partial charge is 0.242 e. The topological polar surface area (TPSA) is 49.4 Å². The molecule has 0 aromatic heterocycles. The normalized spacial score (nSPS) is 11.6. The van der Waals surface area contributed by atoms with Crippen molar-refractivity contribution in [1.82, 2.24) is 10.2 Å². The van der Waals surface area contributed by atoms with Gasteiger partial charge in [-0.15, -0.1) is 0 Å². The van der Waals surface area contributed by atoms with Crippen LogP contribution in [0.25, 0.3) is 0 Å². The van der Waals surface area contributed by atoms with Crippen molar-refractivity contribution in [2.45, 2.75) is 38.8 Å². The molecular formula is C27H29FN2O2. The van der Waals surface area contributed by atoms with E-state index >= 15 is 0 Å². The highest BCUT2D eigenvalue weighted by atomic mass is 19.1. The Balaban J connectivity index is 1.64. The second-order valence-corrected chi connectivity index (χ2v) is 7.84. The van der Waals surface area contributed by atoms with E-state index in [-0.39, 0.29) is 24.2 Å². The Morgan fingerprint density at radius 1 is 0.812 bits per heavy atom. The molecule has 1 N–H and O–H groups in total. The maximum absolute atomic E-state index is 13.3. The van der Waals surface area contributed by atoms with Crippen LogP contribution in [0.1, 0.15) is 30.0 Å². The van der Waals surface area contributed by atoms with Gasteiger partial charge in [0.05, 0.1) is 0 Å². The first-order chi connectivity index (χ1) is 15.5. The van der Waals surface area contributed by atoms with Crippen LogP contribution in [0.3, 0.4) is 0 Å². The highest BCUT2D eigenvalue weighted by Crippen LogP contribution is 2.14. The number of hydrogen-bond acceptors (Lipinski definition) is 2. The highest BCUT2D eigenvalue weighted by Gasteiger charge is 2.25. The summed E-state index contributed by atoms with van der Waals surface area (Å²) in [6.07, 6.45) is 1.62. The molecule has 1 unspecified atom stereocenters. The quantitative estimate of drug-likeness (QED) is 0.512. The largest absolute Gasteiger partial charge is 0.354 e. The summed E-state index contributed by atoms with van der Waals surface area (Å²) in [5.41, 5.74) is 2.99. The number of benzene rings is 3. The summed E-state index contributed by atoms with van der Waals surface area (Å²) in [5.74, 6) is -0.637. The van der Waals surface area contributed by atoms with Crippen LogP contribution >= 0.6 is 0 Å². The van der Waals surface area contributed by atoms with Crippen molar-refractivity contribution in [1.29, 1.82) is 0 Å². The zero-order valence-electron chi connectivity index (χ0n) is 18.3. The Morgan fingerprint density at radius 3 is 1.97 bits per heavy atom. The third-order valence-corrected chi connectivity index (χ3v) is 5.46. The summed E-state index contributed by atoms with van der Waals surface area (Å²) in [4.78, 5) is 27.5. The number of amides is 2. The Labute approximate surface area is 189 Å². The molecule has 5 heteroatoms. The second-order valence-electron chi connectivity index (χ2n) is 7.84. The van der Waals surface area contributed by atoms with Gasteiger partial charge in [0.15, 0.2) is 0 Å². The Morgan fingerprint density at radius 2 is 1.38 bits per heavy atom. The monoisotopic (exact) mass is 432 g/mol. The minimum Gasteiger partial charge on any atom is -0.354 e. The van der Waals surface area contributed by atoms with Crippen LogP contribution in [0.5, 0.6) is 0 Å². The van der Waals surface area contributed by atoms with Crippen molar-refractivity contribution in [2.75, 3.05) is 6.54 Å². The molecule has 0 fully saturated rings. The zero-order valence-corrected chi connectivity index (χ0v) is 18.3. The van der Waals surface area contributed by atoms with E-state index in [9.17, 15) is 14.0 Å². The number of halogens is 1. The van der Waals surface area contributed by atoms with Crippen molar-refractivity contribution in [3.63, 3.8) is 0 Å². The van der Waals surface area contributed by atoms with Gasteiger partial charge in [-0.1, -0.05) is 72.8 Å². The van der Waals surface area contributed by atoms with Gasteiger partial charge in [-0.25, -0.2) is 4.39 Å². The van der Waals surface area contributed by atoms with E-state index in [0.717, 1.165) is 23.1 Å².